The number of likely N-dealkylation sites (N-methyl/N-ethyl adjacent to an activating group) is 1. The molecular weight excluding hydrogens is 252 g/mol. The quantitative estimate of drug-likeness (QED) is 0.283. The molecule has 1 unspecified atom stereocenters. The minimum Gasteiger partial charge on any atom is -0.469 e. The summed E-state index contributed by atoms with van der Waals surface area (Å²) in [4.78, 5) is 22.0. The van der Waals surface area contributed by atoms with E-state index in [9.17, 15) is 14.7 Å². The van der Waals surface area contributed by atoms with Gasteiger partial charge in [0.05, 0.1) is 33.7 Å². The highest BCUT2D eigenvalue weighted by Crippen LogP contribution is 2.09. The molecule has 0 spiro atoms. The molecule has 1 atom stereocenters. The fraction of sp³-hybridized carbons (Fsp3) is 0.667. The molecule has 2 N–H and O–H groups in total. The molecule has 0 aliphatic carbocycles. The summed E-state index contributed by atoms with van der Waals surface area (Å²) in [6, 6.07) is -0.314. The number of carbonyl (C=O) groups is 2. The Morgan fingerprint density at radius 1 is 1.42 bits per heavy atom. The summed E-state index contributed by atoms with van der Waals surface area (Å²) in [6.07, 6.45) is 0.104. The first kappa shape index (κ1) is 17.4. The monoisotopic (exact) mass is 275 g/mol. The number of nitrogens with one attached hydrogen (secondary N) is 1. The van der Waals surface area contributed by atoms with Gasteiger partial charge in [0.2, 0.25) is 0 Å². The van der Waals surface area contributed by atoms with Gasteiger partial charge in [0.25, 0.3) is 5.88 Å². The topological polar surface area (TPSA) is 84.9 Å². The highest BCUT2D eigenvalue weighted by molar-refractivity contribution is 5.70. The van der Waals surface area contributed by atoms with Crippen molar-refractivity contribution in [2.45, 2.75) is 19.4 Å². The van der Waals surface area contributed by atoms with Gasteiger partial charge < -0.3 is 14.6 Å². The molecule has 0 aliphatic rings. The van der Waals surface area contributed by atoms with Gasteiger partial charge in [0.1, 0.15) is 13.3 Å². The van der Waals surface area contributed by atoms with Crippen molar-refractivity contribution in [2.75, 3.05) is 34.5 Å². The van der Waals surface area contributed by atoms with Crippen LogP contribution in [0.15, 0.2) is 12.5 Å². The van der Waals surface area contributed by atoms with Crippen LogP contribution in [0.5, 0.6) is 0 Å². The molecule has 0 aromatic carbocycles. The SMILES string of the molecule is C=C(O)[N+](C)(C)CC(CC(=O)OC)NCOC(C)=O. The minimum absolute atomic E-state index is 0.00506. The van der Waals surface area contributed by atoms with Crippen LogP contribution in [0.2, 0.25) is 0 Å². The second-order valence-corrected chi connectivity index (χ2v) is 4.75. The number of ether oxygens (including phenoxy) is 2. The van der Waals surface area contributed by atoms with Gasteiger partial charge >= 0.3 is 11.9 Å². The molecule has 0 heterocycles. The third-order valence-corrected chi connectivity index (χ3v) is 2.66. The molecule has 0 saturated heterocycles. The van der Waals surface area contributed by atoms with E-state index in [-0.39, 0.29) is 35.5 Å². The molecule has 7 nitrogen and oxygen atoms in total. The molecule has 0 radical (unpaired) electrons. The van der Waals surface area contributed by atoms with E-state index in [1.807, 2.05) is 0 Å². The number of methoxy groups -OCH3 is 1. The van der Waals surface area contributed by atoms with Crippen LogP contribution in [0.1, 0.15) is 13.3 Å². The van der Waals surface area contributed by atoms with Crippen LogP contribution in [0.4, 0.5) is 0 Å². The summed E-state index contributed by atoms with van der Waals surface area (Å²) in [5.41, 5.74) is 0. The predicted molar refractivity (Wildman–Crippen MR) is 68.9 cm³/mol. The van der Waals surface area contributed by atoms with Crippen molar-refractivity contribution in [1.82, 2.24) is 5.32 Å². The fourth-order valence-corrected chi connectivity index (χ4v) is 1.40. The lowest BCUT2D eigenvalue weighted by Crippen LogP contribution is -2.50. The molecular formula is C12H23N2O5+. The van der Waals surface area contributed by atoms with Gasteiger partial charge in [-0.3, -0.25) is 19.4 Å². The van der Waals surface area contributed by atoms with E-state index in [1.54, 1.807) is 14.1 Å². The maximum absolute atomic E-state index is 11.3. The van der Waals surface area contributed by atoms with Crippen molar-refractivity contribution in [3.05, 3.63) is 12.5 Å². The average Bonchev–Trinajstić information content (AvgIpc) is 2.27. The van der Waals surface area contributed by atoms with Crippen LogP contribution in [0, 0.1) is 0 Å². The first-order chi connectivity index (χ1) is 8.69. The zero-order valence-electron chi connectivity index (χ0n) is 11.9. The van der Waals surface area contributed by atoms with Crippen molar-refractivity contribution >= 4 is 11.9 Å². The van der Waals surface area contributed by atoms with Gasteiger partial charge in [0.15, 0.2) is 0 Å². The molecule has 0 rings (SSSR count). The number of aliphatic hydroxyl groups excluding tert-OH is 1. The van der Waals surface area contributed by atoms with Crippen LogP contribution in [-0.2, 0) is 19.1 Å². The summed E-state index contributed by atoms with van der Waals surface area (Å²) in [5.74, 6) is -0.822. The summed E-state index contributed by atoms with van der Waals surface area (Å²) >= 11 is 0. The minimum atomic E-state index is -0.412. The summed E-state index contributed by atoms with van der Waals surface area (Å²) in [6.45, 7) is 5.17. The molecule has 0 fully saturated rings. The zero-order chi connectivity index (χ0) is 15.1. The largest absolute Gasteiger partial charge is 0.469 e. The third kappa shape index (κ3) is 7.43. The summed E-state index contributed by atoms with van der Waals surface area (Å²) in [7, 11) is 4.80. The van der Waals surface area contributed by atoms with E-state index in [1.165, 1.54) is 14.0 Å². The van der Waals surface area contributed by atoms with E-state index >= 15 is 0 Å². The average molecular weight is 275 g/mol. The molecule has 19 heavy (non-hydrogen) atoms. The number of esters is 2. The highest BCUT2D eigenvalue weighted by Gasteiger charge is 2.27. The first-order valence-electron chi connectivity index (χ1n) is 5.84. The highest BCUT2D eigenvalue weighted by atomic mass is 16.5. The maximum Gasteiger partial charge on any atom is 0.307 e. The van der Waals surface area contributed by atoms with Crippen molar-refractivity contribution in [3.8, 4) is 0 Å². The Hall–Kier alpha value is -1.60. The predicted octanol–water partition coefficient (Wildman–Crippen LogP) is 0.134. The van der Waals surface area contributed by atoms with Gasteiger partial charge in [-0.15, -0.1) is 0 Å². The number of nitrogens with zero attached hydrogens (tertiary/aromatic N) is 1. The van der Waals surface area contributed by atoms with E-state index in [0.29, 0.717) is 6.54 Å². The molecule has 0 aliphatic heterocycles. The number of rotatable bonds is 8. The smallest absolute Gasteiger partial charge is 0.307 e. The van der Waals surface area contributed by atoms with Crippen LogP contribution < -0.4 is 5.32 Å². The molecule has 7 heteroatoms. The number of carbonyl (C=O) groups excluding carboxylic acids is 2. The fourth-order valence-electron chi connectivity index (χ4n) is 1.40. The third-order valence-electron chi connectivity index (χ3n) is 2.66. The maximum atomic E-state index is 11.3. The van der Waals surface area contributed by atoms with E-state index in [4.69, 9.17) is 4.74 Å². The Bertz CT molecular complexity index is 341. The summed E-state index contributed by atoms with van der Waals surface area (Å²) in [5, 5.41) is 12.4. The Balaban J connectivity index is 4.53. The lowest BCUT2D eigenvalue weighted by molar-refractivity contribution is -0.868. The number of quaternary nitrogens is 1. The standard InChI is InChI=1S/C12H22N2O5/c1-9(15)14(3,4)7-11(6-12(17)18-5)13-8-19-10(2)16/h11,13H,1,6-8H2,2-5H3/p+1. The van der Waals surface area contributed by atoms with E-state index in [2.05, 4.69) is 16.6 Å². The molecule has 110 valence electrons. The number of hydrogen-bond acceptors (Lipinski definition) is 6. The van der Waals surface area contributed by atoms with Gasteiger partial charge in [-0.25, -0.2) is 0 Å². The van der Waals surface area contributed by atoms with Crippen molar-refractivity contribution in [1.29, 1.82) is 0 Å². The number of hydrogen-bond donors (Lipinski definition) is 2. The zero-order valence-corrected chi connectivity index (χ0v) is 11.9. The Morgan fingerprint density at radius 2 is 2.00 bits per heavy atom. The number of aliphatic hydroxyl groups is 1. The second-order valence-electron chi connectivity index (χ2n) is 4.75. The molecule has 0 saturated carbocycles. The normalized spacial score (nSPS) is 12.6. The van der Waals surface area contributed by atoms with Crippen molar-refractivity contribution < 1.29 is 28.7 Å². The van der Waals surface area contributed by atoms with Crippen molar-refractivity contribution in [3.63, 3.8) is 0 Å². The van der Waals surface area contributed by atoms with Crippen LogP contribution in [0.3, 0.4) is 0 Å². The van der Waals surface area contributed by atoms with Gasteiger partial charge in [-0.1, -0.05) is 0 Å². The molecule has 0 bridgehead atoms. The Labute approximate surface area is 113 Å². The lowest BCUT2D eigenvalue weighted by Gasteiger charge is -2.31. The summed E-state index contributed by atoms with van der Waals surface area (Å²) < 4.78 is 9.49. The van der Waals surface area contributed by atoms with E-state index < -0.39 is 5.97 Å². The Morgan fingerprint density at radius 3 is 2.42 bits per heavy atom. The molecule has 0 aromatic rings. The van der Waals surface area contributed by atoms with Gasteiger partial charge in [-0.2, -0.15) is 0 Å². The second kappa shape index (κ2) is 7.75. The van der Waals surface area contributed by atoms with E-state index in [0.717, 1.165) is 0 Å². The Kier molecular flexibility index (Phi) is 7.10. The molecule has 0 amide bonds. The van der Waals surface area contributed by atoms with Gasteiger partial charge in [0, 0.05) is 13.5 Å². The van der Waals surface area contributed by atoms with Crippen LogP contribution in [0.25, 0.3) is 0 Å². The lowest BCUT2D eigenvalue weighted by atomic mass is 10.2. The molecule has 0 aromatic heterocycles. The van der Waals surface area contributed by atoms with Crippen molar-refractivity contribution in [2.24, 2.45) is 0 Å². The van der Waals surface area contributed by atoms with Crippen LogP contribution >= 0.6 is 0 Å². The van der Waals surface area contributed by atoms with Gasteiger partial charge in [-0.05, 0) is 0 Å². The van der Waals surface area contributed by atoms with Crippen LogP contribution in [-0.4, -0.2) is 62.1 Å². The first-order valence-corrected chi connectivity index (χ1v) is 5.84.